The summed E-state index contributed by atoms with van der Waals surface area (Å²) >= 11 is 0. The second-order valence-corrected chi connectivity index (χ2v) is 4.31. The van der Waals surface area contributed by atoms with Gasteiger partial charge in [-0.25, -0.2) is 9.37 Å². The molecule has 0 spiro atoms. The van der Waals surface area contributed by atoms with E-state index in [0.717, 1.165) is 24.9 Å². The highest BCUT2D eigenvalue weighted by molar-refractivity contribution is 5.50. The number of hydrogen-bond acceptors (Lipinski definition) is 4. The summed E-state index contributed by atoms with van der Waals surface area (Å²) in [6, 6.07) is 3.53. The minimum absolute atomic E-state index is 0.224. The van der Waals surface area contributed by atoms with Crippen LogP contribution >= 0.6 is 0 Å². The number of hydrogen-bond donors (Lipinski definition) is 1. The number of halogens is 1. The topological polar surface area (TPSA) is 73.0 Å². The number of imidazole rings is 1. The number of nitrogens with one attached hydrogen (secondary N) is 1. The van der Waals surface area contributed by atoms with E-state index in [-0.39, 0.29) is 11.4 Å². The van der Waals surface area contributed by atoms with Crippen molar-refractivity contribution in [2.75, 3.05) is 5.32 Å². The van der Waals surface area contributed by atoms with Gasteiger partial charge in [0, 0.05) is 25.0 Å². The predicted octanol–water partition coefficient (Wildman–Crippen LogP) is 2.95. The minimum atomic E-state index is -0.646. The van der Waals surface area contributed by atoms with Crippen molar-refractivity contribution < 1.29 is 9.31 Å². The van der Waals surface area contributed by atoms with E-state index in [2.05, 4.69) is 17.2 Å². The molecule has 106 valence electrons. The van der Waals surface area contributed by atoms with Crippen molar-refractivity contribution in [3.05, 3.63) is 52.3 Å². The summed E-state index contributed by atoms with van der Waals surface area (Å²) in [6.45, 7) is 3.27. The Bertz CT molecular complexity index is 612. The van der Waals surface area contributed by atoms with Crippen LogP contribution in [0.2, 0.25) is 0 Å². The zero-order valence-corrected chi connectivity index (χ0v) is 11.0. The highest BCUT2D eigenvalue weighted by Crippen LogP contribution is 2.20. The fraction of sp³-hybridized carbons (Fsp3) is 0.308. The van der Waals surface area contributed by atoms with E-state index in [0.29, 0.717) is 6.54 Å². The Morgan fingerprint density at radius 2 is 2.30 bits per heavy atom. The summed E-state index contributed by atoms with van der Waals surface area (Å²) in [7, 11) is 0. The molecular weight excluding hydrogens is 263 g/mol. The molecule has 0 radical (unpaired) electrons. The molecule has 0 atom stereocenters. The van der Waals surface area contributed by atoms with Crippen LogP contribution in [0.3, 0.4) is 0 Å². The van der Waals surface area contributed by atoms with Crippen LogP contribution in [0.1, 0.15) is 19.2 Å². The van der Waals surface area contributed by atoms with Crippen molar-refractivity contribution in [3.8, 4) is 0 Å². The second kappa shape index (κ2) is 6.14. The molecule has 20 heavy (non-hydrogen) atoms. The van der Waals surface area contributed by atoms with Crippen molar-refractivity contribution in [2.24, 2.45) is 0 Å². The molecule has 1 heterocycles. The molecule has 0 bridgehead atoms. The van der Waals surface area contributed by atoms with Crippen molar-refractivity contribution in [1.29, 1.82) is 0 Å². The molecule has 7 heteroatoms. The molecule has 0 aliphatic heterocycles. The molecule has 2 rings (SSSR count). The molecule has 0 fully saturated rings. The van der Waals surface area contributed by atoms with Gasteiger partial charge in [-0.05, 0) is 12.5 Å². The zero-order chi connectivity index (χ0) is 14.5. The number of anilines is 1. The summed E-state index contributed by atoms with van der Waals surface area (Å²) in [5.41, 5.74) is -0.0396. The number of aromatic nitrogens is 2. The minimum Gasteiger partial charge on any atom is -0.375 e. The summed E-state index contributed by atoms with van der Waals surface area (Å²) in [5, 5.41) is 13.4. The van der Waals surface area contributed by atoms with Gasteiger partial charge in [0.25, 0.3) is 5.69 Å². The maximum atomic E-state index is 13.7. The molecule has 0 amide bonds. The van der Waals surface area contributed by atoms with Crippen LogP contribution in [-0.2, 0) is 13.1 Å². The lowest BCUT2D eigenvalue weighted by atomic mass is 10.2. The molecule has 0 aliphatic carbocycles. The molecule has 1 aromatic heterocycles. The zero-order valence-electron chi connectivity index (χ0n) is 11.0. The normalized spacial score (nSPS) is 10.5. The smallest absolute Gasteiger partial charge is 0.272 e. The lowest BCUT2D eigenvalue weighted by molar-refractivity contribution is -0.385. The van der Waals surface area contributed by atoms with E-state index < -0.39 is 10.7 Å². The van der Waals surface area contributed by atoms with Crippen LogP contribution in [0, 0.1) is 15.9 Å². The highest BCUT2D eigenvalue weighted by Gasteiger charge is 2.11. The molecular formula is C13H15FN4O2. The molecule has 0 saturated carbocycles. The van der Waals surface area contributed by atoms with Crippen LogP contribution in [0.4, 0.5) is 15.8 Å². The third-order valence-electron chi connectivity index (χ3n) is 2.87. The highest BCUT2D eigenvalue weighted by atomic mass is 19.1. The largest absolute Gasteiger partial charge is 0.375 e. The summed E-state index contributed by atoms with van der Waals surface area (Å²) < 4.78 is 15.7. The monoisotopic (exact) mass is 278 g/mol. The molecule has 0 saturated heterocycles. The summed E-state index contributed by atoms with van der Waals surface area (Å²) in [5.74, 6) is 0.150. The Morgan fingerprint density at radius 3 is 2.95 bits per heavy atom. The van der Waals surface area contributed by atoms with Crippen LogP contribution in [0.25, 0.3) is 0 Å². The van der Waals surface area contributed by atoms with E-state index in [1.807, 2.05) is 10.8 Å². The van der Waals surface area contributed by atoms with Crippen molar-refractivity contribution >= 4 is 11.4 Å². The first-order chi connectivity index (χ1) is 9.61. The van der Waals surface area contributed by atoms with Gasteiger partial charge in [-0.3, -0.25) is 10.1 Å². The number of nitrogens with zero attached hydrogens (tertiary/aromatic N) is 3. The van der Waals surface area contributed by atoms with E-state index in [1.54, 1.807) is 6.20 Å². The predicted molar refractivity (Wildman–Crippen MR) is 72.9 cm³/mol. The average molecular weight is 278 g/mol. The average Bonchev–Trinajstić information content (AvgIpc) is 2.85. The van der Waals surface area contributed by atoms with Gasteiger partial charge >= 0.3 is 0 Å². The third-order valence-corrected chi connectivity index (χ3v) is 2.87. The van der Waals surface area contributed by atoms with Crippen LogP contribution in [0.5, 0.6) is 0 Å². The van der Waals surface area contributed by atoms with Gasteiger partial charge in [0.15, 0.2) is 5.82 Å². The lowest BCUT2D eigenvalue weighted by Crippen LogP contribution is -2.09. The van der Waals surface area contributed by atoms with Crippen LogP contribution in [-0.4, -0.2) is 14.5 Å². The van der Waals surface area contributed by atoms with E-state index >= 15 is 0 Å². The quantitative estimate of drug-likeness (QED) is 0.651. The third kappa shape index (κ3) is 3.11. The van der Waals surface area contributed by atoms with E-state index in [1.165, 1.54) is 12.1 Å². The molecule has 0 aliphatic rings. The van der Waals surface area contributed by atoms with Gasteiger partial charge in [0.2, 0.25) is 0 Å². The van der Waals surface area contributed by atoms with E-state index in [4.69, 9.17) is 0 Å². The fourth-order valence-corrected chi connectivity index (χ4v) is 1.89. The standard InChI is InChI=1S/C13H15FN4O2/c1-2-6-17-7-5-15-13(17)9-16-12-4-3-10(18(19)20)8-11(12)14/h3-5,7-8,16H,2,6,9H2,1H3. The Hall–Kier alpha value is -2.44. The van der Waals surface area contributed by atoms with Gasteiger partial charge in [-0.2, -0.15) is 0 Å². The number of nitro groups is 1. The van der Waals surface area contributed by atoms with Crippen molar-refractivity contribution in [3.63, 3.8) is 0 Å². The first kappa shape index (κ1) is 14.0. The maximum Gasteiger partial charge on any atom is 0.272 e. The first-order valence-electron chi connectivity index (χ1n) is 6.29. The Balaban J connectivity index is 2.07. The fourth-order valence-electron chi connectivity index (χ4n) is 1.89. The first-order valence-corrected chi connectivity index (χ1v) is 6.29. The van der Waals surface area contributed by atoms with Crippen LogP contribution in [0.15, 0.2) is 30.6 Å². The number of rotatable bonds is 6. The Morgan fingerprint density at radius 1 is 1.50 bits per heavy atom. The number of non-ortho nitro benzene ring substituents is 1. The van der Waals surface area contributed by atoms with Crippen LogP contribution < -0.4 is 5.32 Å². The van der Waals surface area contributed by atoms with Gasteiger partial charge in [0.05, 0.1) is 23.2 Å². The Kier molecular flexibility index (Phi) is 4.29. The molecule has 1 N–H and O–H groups in total. The number of aryl methyl sites for hydroxylation is 1. The summed E-state index contributed by atoms with van der Waals surface area (Å²) in [6.07, 6.45) is 4.54. The lowest BCUT2D eigenvalue weighted by Gasteiger charge is -2.09. The van der Waals surface area contributed by atoms with E-state index in [9.17, 15) is 14.5 Å². The van der Waals surface area contributed by atoms with Gasteiger partial charge < -0.3 is 9.88 Å². The van der Waals surface area contributed by atoms with Crippen molar-refractivity contribution in [1.82, 2.24) is 9.55 Å². The van der Waals surface area contributed by atoms with Crippen molar-refractivity contribution in [2.45, 2.75) is 26.4 Å². The van der Waals surface area contributed by atoms with Gasteiger partial charge in [0.1, 0.15) is 5.82 Å². The van der Waals surface area contributed by atoms with Gasteiger partial charge in [-0.1, -0.05) is 6.92 Å². The molecule has 1 aromatic carbocycles. The maximum absolute atomic E-state index is 13.7. The molecule has 6 nitrogen and oxygen atoms in total. The molecule has 2 aromatic rings. The second-order valence-electron chi connectivity index (χ2n) is 4.31. The number of nitro benzene ring substituents is 1. The summed E-state index contributed by atoms with van der Waals surface area (Å²) in [4.78, 5) is 14.1. The SMILES string of the molecule is CCCn1ccnc1CNc1ccc([N+](=O)[O-])cc1F. The Labute approximate surface area is 115 Å². The van der Waals surface area contributed by atoms with Gasteiger partial charge in [-0.15, -0.1) is 0 Å². The number of benzene rings is 1. The molecule has 0 unspecified atom stereocenters.